The van der Waals surface area contributed by atoms with Gasteiger partial charge in [0.2, 0.25) is 0 Å². The van der Waals surface area contributed by atoms with E-state index in [1.807, 2.05) is 12.1 Å². The van der Waals surface area contributed by atoms with Gasteiger partial charge in [-0.1, -0.05) is 13.3 Å². The van der Waals surface area contributed by atoms with Crippen molar-refractivity contribution in [1.82, 2.24) is 15.0 Å². The van der Waals surface area contributed by atoms with Crippen molar-refractivity contribution in [1.29, 1.82) is 0 Å². The van der Waals surface area contributed by atoms with Gasteiger partial charge in [-0.15, -0.1) is 0 Å². The van der Waals surface area contributed by atoms with Gasteiger partial charge in [0.05, 0.1) is 0 Å². The number of aromatic nitrogens is 3. The highest BCUT2D eigenvalue weighted by Crippen LogP contribution is 2.21. The van der Waals surface area contributed by atoms with E-state index in [1.54, 1.807) is 6.20 Å². The second kappa shape index (κ2) is 5.23. The molecular formula is C12H12BrN3O. The van der Waals surface area contributed by atoms with Crippen LogP contribution in [0.3, 0.4) is 0 Å². The number of nitrogens with one attached hydrogen (secondary N) is 1. The van der Waals surface area contributed by atoms with Crippen LogP contribution in [0, 0.1) is 0 Å². The molecule has 88 valence electrons. The summed E-state index contributed by atoms with van der Waals surface area (Å²) in [6.45, 7) is 2.05. The summed E-state index contributed by atoms with van der Waals surface area (Å²) in [5, 5.41) is 0. The summed E-state index contributed by atoms with van der Waals surface area (Å²) in [5.74, 6) is 0.508. The lowest BCUT2D eigenvalue weighted by atomic mass is 10.2. The lowest BCUT2D eigenvalue weighted by Gasteiger charge is -2.04. The molecule has 17 heavy (non-hydrogen) atoms. The molecule has 1 N–H and O–H groups in total. The van der Waals surface area contributed by atoms with E-state index in [4.69, 9.17) is 0 Å². The molecule has 0 unspecified atom stereocenters. The Morgan fingerprint density at radius 1 is 1.47 bits per heavy atom. The molecule has 0 radical (unpaired) electrons. The molecule has 0 amide bonds. The van der Waals surface area contributed by atoms with E-state index in [-0.39, 0.29) is 5.56 Å². The number of rotatable bonds is 3. The number of hydrogen-bond donors (Lipinski definition) is 1. The Bertz CT molecular complexity index is 580. The summed E-state index contributed by atoms with van der Waals surface area (Å²) in [7, 11) is 0. The van der Waals surface area contributed by atoms with E-state index in [0.717, 1.165) is 23.0 Å². The normalized spacial score (nSPS) is 10.5. The van der Waals surface area contributed by atoms with Crippen molar-refractivity contribution in [3.63, 3.8) is 0 Å². The fraction of sp³-hybridized carbons (Fsp3) is 0.250. The fourth-order valence-corrected chi connectivity index (χ4v) is 2.01. The first-order chi connectivity index (χ1) is 8.20. The molecule has 0 fully saturated rings. The zero-order valence-corrected chi connectivity index (χ0v) is 11.0. The molecule has 4 nitrogen and oxygen atoms in total. The van der Waals surface area contributed by atoms with Crippen LogP contribution in [0.2, 0.25) is 0 Å². The second-order valence-corrected chi connectivity index (χ2v) is 4.52. The predicted octanol–water partition coefficient (Wildman–Crippen LogP) is 2.55. The van der Waals surface area contributed by atoms with Crippen LogP contribution >= 0.6 is 15.9 Å². The van der Waals surface area contributed by atoms with Crippen molar-refractivity contribution >= 4 is 15.9 Å². The lowest BCUT2D eigenvalue weighted by molar-refractivity contribution is 0.868. The van der Waals surface area contributed by atoms with Gasteiger partial charge < -0.3 is 4.98 Å². The maximum Gasteiger partial charge on any atom is 0.251 e. The third kappa shape index (κ3) is 2.79. The van der Waals surface area contributed by atoms with Gasteiger partial charge >= 0.3 is 0 Å². The quantitative estimate of drug-likeness (QED) is 0.946. The van der Waals surface area contributed by atoms with Crippen molar-refractivity contribution in [2.75, 3.05) is 0 Å². The van der Waals surface area contributed by atoms with Crippen molar-refractivity contribution in [2.24, 2.45) is 0 Å². The third-order valence-electron chi connectivity index (χ3n) is 2.28. The standard InChI is InChI=1S/C12H12BrN3O/c1-2-4-8-7-10(17)16-12(15-8)11-9(13)5-3-6-14-11/h3,5-7H,2,4H2,1H3,(H,15,16,17). The van der Waals surface area contributed by atoms with Gasteiger partial charge in [-0.05, 0) is 34.5 Å². The minimum absolute atomic E-state index is 0.143. The largest absolute Gasteiger partial charge is 0.305 e. The van der Waals surface area contributed by atoms with Crippen molar-refractivity contribution < 1.29 is 0 Å². The molecular weight excluding hydrogens is 282 g/mol. The van der Waals surface area contributed by atoms with Crippen LogP contribution in [-0.2, 0) is 6.42 Å². The number of aromatic amines is 1. The number of aryl methyl sites for hydroxylation is 1. The Balaban J connectivity index is 2.52. The molecule has 0 atom stereocenters. The predicted molar refractivity (Wildman–Crippen MR) is 69.8 cm³/mol. The number of pyridine rings is 1. The van der Waals surface area contributed by atoms with E-state index >= 15 is 0 Å². The van der Waals surface area contributed by atoms with Crippen molar-refractivity contribution in [2.45, 2.75) is 19.8 Å². The summed E-state index contributed by atoms with van der Waals surface area (Å²) in [6.07, 6.45) is 3.42. The smallest absolute Gasteiger partial charge is 0.251 e. The zero-order chi connectivity index (χ0) is 12.3. The van der Waals surface area contributed by atoms with Gasteiger partial charge in [-0.2, -0.15) is 0 Å². The van der Waals surface area contributed by atoms with Gasteiger partial charge in [0.25, 0.3) is 5.56 Å². The van der Waals surface area contributed by atoms with Gasteiger partial charge in [0, 0.05) is 22.4 Å². The number of nitrogens with zero attached hydrogens (tertiary/aromatic N) is 2. The molecule has 2 aromatic rings. The minimum Gasteiger partial charge on any atom is -0.305 e. The highest BCUT2D eigenvalue weighted by atomic mass is 79.9. The monoisotopic (exact) mass is 293 g/mol. The molecule has 0 saturated heterocycles. The van der Waals surface area contributed by atoms with E-state index < -0.39 is 0 Å². The summed E-state index contributed by atoms with van der Waals surface area (Å²) in [6, 6.07) is 5.22. The van der Waals surface area contributed by atoms with E-state index in [2.05, 4.69) is 37.8 Å². The topological polar surface area (TPSA) is 58.6 Å². The van der Waals surface area contributed by atoms with Crippen LogP contribution < -0.4 is 5.56 Å². The van der Waals surface area contributed by atoms with Gasteiger partial charge in [0.15, 0.2) is 5.82 Å². The van der Waals surface area contributed by atoms with Crippen LogP contribution in [0.15, 0.2) is 33.7 Å². The molecule has 5 heteroatoms. The highest BCUT2D eigenvalue weighted by Gasteiger charge is 2.08. The Labute approximate surface area is 107 Å². The summed E-state index contributed by atoms with van der Waals surface area (Å²) in [5.41, 5.74) is 1.31. The van der Waals surface area contributed by atoms with Crippen LogP contribution in [0.1, 0.15) is 19.0 Å². The Kier molecular flexibility index (Phi) is 3.68. The third-order valence-corrected chi connectivity index (χ3v) is 2.92. The first kappa shape index (κ1) is 12.0. The maximum absolute atomic E-state index is 11.5. The first-order valence-electron chi connectivity index (χ1n) is 5.42. The van der Waals surface area contributed by atoms with Crippen molar-refractivity contribution in [3.8, 4) is 11.5 Å². The fourth-order valence-electron chi connectivity index (χ4n) is 1.56. The molecule has 2 heterocycles. The van der Waals surface area contributed by atoms with Gasteiger partial charge in [-0.25, -0.2) is 4.98 Å². The van der Waals surface area contributed by atoms with Crippen LogP contribution in [0.25, 0.3) is 11.5 Å². The lowest BCUT2D eigenvalue weighted by Crippen LogP contribution is -2.11. The average Bonchev–Trinajstić information content (AvgIpc) is 2.29. The second-order valence-electron chi connectivity index (χ2n) is 3.67. The molecule has 2 aromatic heterocycles. The van der Waals surface area contributed by atoms with E-state index in [1.165, 1.54) is 6.07 Å². The van der Waals surface area contributed by atoms with Crippen LogP contribution in [0.4, 0.5) is 0 Å². The molecule has 0 spiro atoms. The van der Waals surface area contributed by atoms with E-state index in [9.17, 15) is 4.79 Å². The van der Waals surface area contributed by atoms with Crippen LogP contribution in [0.5, 0.6) is 0 Å². The summed E-state index contributed by atoms with van der Waals surface area (Å²) in [4.78, 5) is 22.9. The SMILES string of the molecule is CCCc1cc(=O)[nH]c(-c2ncccc2Br)n1. The maximum atomic E-state index is 11.5. The number of H-pyrrole nitrogens is 1. The summed E-state index contributed by atoms with van der Waals surface area (Å²) >= 11 is 3.40. The first-order valence-corrected chi connectivity index (χ1v) is 6.21. The zero-order valence-electron chi connectivity index (χ0n) is 9.40. The highest BCUT2D eigenvalue weighted by molar-refractivity contribution is 9.10. The molecule has 2 rings (SSSR count). The molecule has 0 aliphatic heterocycles. The van der Waals surface area contributed by atoms with Gasteiger partial charge in [-0.3, -0.25) is 9.78 Å². The van der Waals surface area contributed by atoms with Crippen LogP contribution in [-0.4, -0.2) is 15.0 Å². The van der Waals surface area contributed by atoms with E-state index in [0.29, 0.717) is 11.5 Å². The number of halogens is 1. The molecule has 0 saturated carbocycles. The minimum atomic E-state index is -0.143. The Morgan fingerprint density at radius 2 is 2.29 bits per heavy atom. The van der Waals surface area contributed by atoms with Crippen molar-refractivity contribution in [3.05, 3.63) is 44.9 Å². The molecule has 0 bridgehead atoms. The Morgan fingerprint density at radius 3 is 3.00 bits per heavy atom. The molecule has 0 aliphatic carbocycles. The Hall–Kier alpha value is -1.49. The average molecular weight is 294 g/mol. The van der Waals surface area contributed by atoms with Gasteiger partial charge in [0.1, 0.15) is 5.69 Å². The summed E-state index contributed by atoms with van der Waals surface area (Å²) < 4.78 is 0.816. The number of hydrogen-bond acceptors (Lipinski definition) is 3. The molecule has 0 aromatic carbocycles. The molecule has 0 aliphatic rings.